The van der Waals surface area contributed by atoms with E-state index in [1.54, 1.807) is 14.1 Å². The van der Waals surface area contributed by atoms with Gasteiger partial charge in [0, 0.05) is 27.2 Å². The normalized spacial score (nSPS) is 15.8. The van der Waals surface area contributed by atoms with E-state index < -0.39 is 11.7 Å². The summed E-state index contributed by atoms with van der Waals surface area (Å²) in [7, 11) is 3.41. The lowest BCUT2D eigenvalue weighted by Gasteiger charge is -2.24. The summed E-state index contributed by atoms with van der Waals surface area (Å²) in [5, 5.41) is 9.38. The van der Waals surface area contributed by atoms with Gasteiger partial charge in [-0.15, -0.1) is 0 Å². The van der Waals surface area contributed by atoms with Crippen molar-refractivity contribution in [1.82, 2.24) is 20.9 Å². The predicted octanol–water partition coefficient (Wildman–Crippen LogP) is 1.32. The van der Waals surface area contributed by atoms with E-state index in [-0.39, 0.29) is 18.5 Å². The molecule has 1 saturated carbocycles. The van der Waals surface area contributed by atoms with Crippen LogP contribution < -0.4 is 16.0 Å². The van der Waals surface area contributed by atoms with Gasteiger partial charge in [0.2, 0.25) is 5.91 Å². The monoisotopic (exact) mass is 369 g/mol. The smallest absolute Gasteiger partial charge is 0.407 e. The summed E-state index contributed by atoms with van der Waals surface area (Å²) in [6, 6.07) is -0.0250. The molecular formula is C18H35N5O3. The zero-order chi connectivity index (χ0) is 19.7. The zero-order valence-electron chi connectivity index (χ0n) is 17.0. The number of likely N-dealkylation sites (N-methyl/N-ethyl adjacent to an activating group) is 1. The molecule has 0 aromatic heterocycles. The molecule has 8 heteroatoms. The Morgan fingerprint density at radius 2 is 1.88 bits per heavy atom. The van der Waals surface area contributed by atoms with Crippen molar-refractivity contribution in [3.63, 3.8) is 0 Å². The van der Waals surface area contributed by atoms with Gasteiger partial charge in [-0.1, -0.05) is 6.92 Å². The Labute approximate surface area is 157 Å². The molecule has 0 heterocycles. The minimum atomic E-state index is -0.520. The maximum absolute atomic E-state index is 12.1. The zero-order valence-corrected chi connectivity index (χ0v) is 17.0. The fourth-order valence-corrected chi connectivity index (χ4v) is 2.21. The summed E-state index contributed by atoms with van der Waals surface area (Å²) in [4.78, 5) is 29.6. The molecule has 150 valence electrons. The number of carbonyl (C=O) groups excluding carboxylic acids is 2. The van der Waals surface area contributed by atoms with Crippen LogP contribution in [0.15, 0.2) is 4.99 Å². The summed E-state index contributed by atoms with van der Waals surface area (Å²) in [6.45, 7) is 8.98. The third kappa shape index (κ3) is 9.48. The van der Waals surface area contributed by atoms with Gasteiger partial charge in [-0.2, -0.15) is 0 Å². The molecule has 0 saturated heterocycles. The highest BCUT2D eigenvalue weighted by molar-refractivity contribution is 5.84. The first-order chi connectivity index (χ1) is 12.1. The molecule has 0 aromatic rings. The van der Waals surface area contributed by atoms with Crippen molar-refractivity contribution in [3.8, 4) is 0 Å². The van der Waals surface area contributed by atoms with Crippen LogP contribution in [0.2, 0.25) is 0 Å². The summed E-state index contributed by atoms with van der Waals surface area (Å²) in [5.74, 6) is 0.970. The van der Waals surface area contributed by atoms with Crippen LogP contribution in [0.5, 0.6) is 0 Å². The van der Waals surface area contributed by atoms with Crippen molar-refractivity contribution in [2.75, 3.05) is 33.7 Å². The third-order valence-corrected chi connectivity index (χ3v) is 3.80. The van der Waals surface area contributed by atoms with E-state index in [1.165, 1.54) is 4.90 Å². The molecule has 0 spiro atoms. The van der Waals surface area contributed by atoms with Crippen LogP contribution in [0.1, 0.15) is 47.0 Å². The van der Waals surface area contributed by atoms with E-state index in [1.807, 2.05) is 20.8 Å². The maximum Gasteiger partial charge on any atom is 0.407 e. The second-order valence-corrected chi connectivity index (χ2v) is 7.85. The number of carbonyl (C=O) groups is 2. The highest BCUT2D eigenvalue weighted by Gasteiger charge is 2.33. The number of hydrogen-bond donors (Lipinski definition) is 3. The Bertz CT molecular complexity index is 496. The van der Waals surface area contributed by atoms with E-state index in [0.29, 0.717) is 18.4 Å². The van der Waals surface area contributed by atoms with Crippen molar-refractivity contribution in [3.05, 3.63) is 0 Å². The van der Waals surface area contributed by atoms with Crippen LogP contribution in [0.3, 0.4) is 0 Å². The van der Waals surface area contributed by atoms with Gasteiger partial charge in [0.1, 0.15) is 12.1 Å². The third-order valence-electron chi connectivity index (χ3n) is 3.80. The number of nitrogens with one attached hydrogen (secondary N) is 3. The molecule has 1 aliphatic rings. The largest absolute Gasteiger partial charge is 0.444 e. The lowest BCUT2D eigenvalue weighted by atomic mass is 10.2. The Balaban J connectivity index is 2.60. The van der Waals surface area contributed by atoms with Crippen LogP contribution in [-0.2, 0) is 9.53 Å². The molecule has 1 rings (SSSR count). The number of guanidine groups is 1. The van der Waals surface area contributed by atoms with Gasteiger partial charge in [-0.25, -0.2) is 9.79 Å². The number of ether oxygens (including phenoxy) is 1. The molecule has 0 radical (unpaired) electrons. The summed E-state index contributed by atoms with van der Waals surface area (Å²) >= 11 is 0. The molecule has 3 N–H and O–H groups in total. The maximum atomic E-state index is 12.1. The summed E-state index contributed by atoms with van der Waals surface area (Å²) < 4.78 is 5.35. The molecule has 1 unspecified atom stereocenters. The second-order valence-electron chi connectivity index (χ2n) is 7.85. The summed E-state index contributed by atoms with van der Waals surface area (Å²) in [5.41, 5.74) is -0.520. The van der Waals surface area contributed by atoms with Crippen LogP contribution in [0.4, 0.5) is 4.79 Å². The topological polar surface area (TPSA) is 95.1 Å². The Morgan fingerprint density at radius 1 is 1.23 bits per heavy atom. The Kier molecular flexibility index (Phi) is 8.68. The minimum Gasteiger partial charge on any atom is -0.444 e. The van der Waals surface area contributed by atoms with Gasteiger partial charge in [0.25, 0.3) is 0 Å². The number of aliphatic imine (C=N–C) groups is 1. The first kappa shape index (κ1) is 22.1. The highest BCUT2D eigenvalue weighted by Crippen LogP contribution is 2.32. The van der Waals surface area contributed by atoms with Crippen LogP contribution in [0.25, 0.3) is 0 Å². The molecule has 0 aromatic carbocycles. The number of rotatable bonds is 8. The molecule has 0 bridgehead atoms. The second kappa shape index (κ2) is 10.2. The Morgan fingerprint density at radius 3 is 2.38 bits per heavy atom. The average Bonchev–Trinajstić information content (AvgIpc) is 3.35. The van der Waals surface area contributed by atoms with Crippen molar-refractivity contribution < 1.29 is 14.3 Å². The average molecular weight is 370 g/mol. The van der Waals surface area contributed by atoms with Crippen LogP contribution >= 0.6 is 0 Å². The first-order valence-corrected chi connectivity index (χ1v) is 9.34. The number of hydrogen-bond acceptors (Lipinski definition) is 4. The van der Waals surface area contributed by atoms with Crippen LogP contribution in [-0.4, -0.2) is 68.2 Å². The van der Waals surface area contributed by atoms with Crippen molar-refractivity contribution in [2.45, 2.75) is 58.6 Å². The number of nitrogens with zero attached hydrogens (tertiary/aromatic N) is 2. The van der Waals surface area contributed by atoms with E-state index >= 15 is 0 Å². The molecular weight excluding hydrogens is 334 g/mol. The molecule has 8 nitrogen and oxygen atoms in total. The fourth-order valence-electron chi connectivity index (χ4n) is 2.21. The lowest BCUT2D eigenvalue weighted by molar-refractivity contribution is -0.127. The number of amides is 2. The number of alkyl carbamates (subject to hydrolysis) is 1. The van der Waals surface area contributed by atoms with Gasteiger partial charge < -0.3 is 25.6 Å². The standard InChI is InChI=1S/C18H35N5O3/c1-7-10-19-16(21-12-15(24)23(5)6)20-11-14(13-8-9-13)22-17(25)26-18(2,3)4/h13-14H,7-12H2,1-6H3,(H,22,25)(H2,19,20,21). The minimum absolute atomic E-state index is 0.0250. The van der Waals surface area contributed by atoms with E-state index in [4.69, 9.17) is 4.74 Å². The molecule has 0 aliphatic heterocycles. The van der Waals surface area contributed by atoms with Gasteiger partial charge in [0.05, 0.1) is 6.04 Å². The fraction of sp³-hybridized carbons (Fsp3) is 0.833. The SMILES string of the molecule is CCCNC(=NCC(=O)N(C)C)NCC(NC(=O)OC(C)(C)C)C1CC1. The van der Waals surface area contributed by atoms with E-state index in [0.717, 1.165) is 25.8 Å². The van der Waals surface area contributed by atoms with Gasteiger partial charge in [-0.05, 0) is 46.0 Å². The molecule has 2 amide bonds. The van der Waals surface area contributed by atoms with Crippen LogP contribution in [0, 0.1) is 5.92 Å². The first-order valence-electron chi connectivity index (χ1n) is 9.34. The lowest BCUT2D eigenvalue weighted by Crippen LogP contribution is -2.49. The molecule has 1 aliphatic carbocycles. The van der Waals surface area contributed by atoms with Crippen molar-refractivity contribution in [1.29, 1.82) is 0 Å². The molecule has 26 heavy (non-hydrogen) atoms. The summed E-state index contributed by atoms with van der Waals surface area (Å²) in [6.07, 6.45) is 2.73. The quantitative estimate of drug-likeness (QED) is 0.443. The van der Waals surface area contributed by atoms with E-state index in [2.05, 4.69) is 27.9 Å². The van der Waals surface area contributed by atoms with Gasteiger partial charge in [-0.3, -0.25) is 4.79 Å². The van der Waals surface area contributed by atoms with Crippen molar-refractivity contribution >= 4 is 18.0 Å². The van der Waals surface area contributed by atoms with Gasteiger partial charge in [0.15, 0.2) is 5.96 Å². The molecule has 1 fully saturated rings. The Hall–Kier alpha value is -1.99. The highest BCUT2D eigenvalue weighted by atomic mass is 16.6. The molecule has 1 atom stereocenters. The van der Waals surface area contributed by atoms with E-state index in [9.17, 15) is 9.59 Å². The predicted molar refractivity (Wildman–Crippen MR) is 103 cm³/mol. The van der Waals surface area contributed by atoms with Gasteiger partial charge >= 0.3 is 6.09 Å². The van der Waals surface area contributed by atoms with Crippen molar-refractivity contribution in [2.24, 2.45) is 10.9 Å².